The van der Waals surface area contributed by atoms with Crippen LogP contribution in [-0.2, 0) is 16.2 Å². The van der Waals surface area contributed by atoms with E-state index >= 15 is 0 Å². The average Bonchev–Trinajstić information content (AvgIpc) is 3.13. The van der Waals surface area contributed by atoms with Crippen LogP contribution in [0.15, 0.2) is 48.5 Å². The Hall–Kier alpha value is -2.22. The molecule has 1 aliphatic rings. The number of fused-ring (bicyclic) bond motifs is 1. The zero-order valence-electron chi connectivity index (χ0n) is 14.1. The number of amides is 1. The Morgan fingerprint density at radius 3 is 3.04 bits per heavy atom. The predicted octanol–water partition coefficient (Wildman–Crippen LogP) is 3.60. The number of carbonyl (C=O) groups excluding carboxylic acids is 1. The molecular formula is C18H21N3O3S. The van der Waals surface area contributed by atoms with Gasteiger partial charge in [-0.3, -0.25) is 9.74 Å². The molecule has 0 aliphatic carbocycles. The Labute approximate surface area is 151 Å². The number of benzene rings is 1. The van der Waals surface area contributed by atoms with Gasteiger partial charge in [0.05, 0.1) is 34.8 Å². The van der Waals surface area contributed by atoms with Crippen LogP contribution in [-0.4, -0.2) is 29.1 Å². The molecule has 1 aromatic heterocycles. The molecule has 132 valence electrons. The van der Waals surface area contributed by atoms with Crippen LogP contribution >= 0.6 is 11.3 Å². The van der Waals surface area contributed by atoms with Gasteiger partial charge in [-0.25, -0.2) is 9.78 Å². The Balaban J connectivity index is 1.68. The summed E-state index contributed by atoms with van der Waals surface area (Å²) >= 11 is 1.56. The first-order chi connectivity index (χ1) is 12.2. The summed E-state index contributed by atoms with van der Waals surface area (Å²) in [4.78, 5) is 25.1. The molecule has 0 radical (unpaired) electrons. The third-order valence-electron chi connectivity index (χ3n) is 4.05. The molecule has 0 saturated heterocycles. The largest absolute Gasteiger partial charge is 0.445 e. The fraction of sp³-hybridized carbons (Fsp3) is 0.333. The van der Waals surface area contributed by atoms with Gasteiger partial charge in [0.25, 0.3) is 0 Å². The standard InChI is InChI=1S/C18H21N3O3S/c1-3-9-24-20-15-10-21(13(2)16-17(15)25-12-19-16)18(22)23-11-14-7-5-4-6-8-14/h3-8,12-13,15,20H,1,9-11H2,2H3. The topological polar surface area (TPSA) is 63.7 Å². The maximum atomic E-state index is 12.6. The highest BCUT2D eigenvalue weighted by Crippen LogP contribution is 2.36. The number of hydroxylamine groups is 1. The van der Waals surface area contributed by atoms with Crippen molar-refractivity contribution in [1.29, 1.82) is 0 Å². The van der Waals surface area contributed by atoms with E-state index in [0.29, 0.717) is 13.2 Å². The molecule has 2 heterocycles. The molecule has 0 bridgehead atoms. The number of hydrogen-bond acceptors (Lipinski definition) is 6. The van der Waals surface area contributed by atoms with Crippen LogP contribution in [0.1, 0.15) is 35.1 Å². The number of thiazole rings is 1. The zero-order valence-corrected chi connectivity index (χ0v) is 14.9. The molecule has 7 heteroatoms. The van der Waals surface area contributed by atoms with E-state index in [1.807, 2.05) is 37.3 Å². The molecule has 2 unspecified atom stereocenters. The first-order valence-corrected chi connectivity index (χ1v) is 8.97. The second-order valence-corrected chi connectivity index (χ2v) is 6.63. The third-order valence-corrected chi connectivity index (χ3v) is 5.01. The molecule has 1 aromatic carbocycles. The lowest BCUT2D eigenvalue weighted by atomic mass is 10.0. The lowest BCUT2D eigenvalue weighted by Gasteiger charge is -2.36. The quantitative estimate of drug-likeness (QED) is 0.485. The Kier molecular flexibility index (Phi) is 5.80. The predicted molar refractivity (Wildman–Crippen MR) is 95.9 cm³/mol. The summed E-state index contributed by atoms with van der Waals surface area (Å²) < 4.78 is 5.48. The van der Waals surface area contributed by atoms with Crippen molar-refractivity contribution in [3.05, 3.63) is 64.6 Å². The molecule has 2 aromatic rings. The van der Waals surface area contributed by atoms with Crippen molar-refractivity contribution in [2.75, 3.05) is 13.2 Å². The molecule has 3 rings (SSSR count). The molecule has 0 fully saturated rings. The van der Waals surface area contributed by atoms with Crippen LogP contribution in [0.4, 0.5) is 4.79 Å². The third kappa shape index (κ3) is 4.07. The van der Waals surface area contributed by atoms with Crippen LogP contribution < -0.4 is 5.48 Å². The number of rotatable bonds is 6. The van der Waals surface area contributed by atoms with E-state index in [1.165, 1.54) is 0 Å². The molecular weight excluding hydrogens is 338 g/mol. The number of hydrogen-bond donors (Lipinski definition) is 1. The van der Waals surface area contributed by atoms with Crippen molar-refractivity contribution < 1.29 is 14.4 Å². The van der Waals surface area contributed by atoms with E-state index < -0.39 is 0 Å². The summed E-state index contributed by atoms with van der Waals surface area (Å²) in [6.07, 6.45) is 1.31. The molecule has 2 atom stereocenters. The Morgan fingerprint density at radius 2 is 2.28 bits per heavy atom. The minimum Gasteiger partial charge on any atom is -0.445 e. The van der Waals surface area contributed by atoms with Gasteiger partial charge in [0.1, 0.15) is 6.61 Å². The van der Waals surface area contributed by atoms with Gasteiger partial charge in [0, 0.05) is 6.54 Å². The molecule has 6 nitrogen and oxygen atoms in total. The van der Waals surface area contributed by atoms with Crippen LogP contribution in [0.5, 0.6) is 0 Å². The van der Waals surface area contributed by atoms with Gasteiger partial charge in [-0.15, -0.1) is 17.9 Å². The fourth-order valence-electron chi connectivity index (χ4n) is 2.76. The summed E-state index contributed by atoms with van der Waals surface area (Å²) in [5.41, 5.74) is 6.63. The number of aromatic nitrogens is 1. The summed E-state index contributed by atoms with van der Waals surface area (Å²) in [5, 5.41) is 0. The lowest BCUT2D eigenvalue weighted by Crippen LogP contribution is -2.44. The minimum absolute atomic E-state index is 0.136. The van der Waals surface area contributed by atoms with Crippen molar-refractivity contribution in [3.63, 3.8) is 0 Å². The molecule has 0 saturated carbocycles. The van der Waals surface area contributed by atoms with Gasteiger partial charge < -0.3 is 4.74 Å². The average molecular weight is 359 g/mol. The summed E-state index contributed by atoms with van der Waals surface area (Å²) in [5.74, 6) is 0. The van der Waals surface area contributed by atoms with Gasteiger partial charge in [-0.05, 0) is 12.5 Å². The molecule has 1 amide bonds. The van der Waals surface area contributed by atoms with Crippen molar-refractivity contribution in [2.24, 2.45) is 0 Å². The highest BCUT2D eigenvalue weighted by atomic mass is 32.1. The van der Waals surface area contributed by atoms with Crippen LogP contribution in [0.2, 0.25) is 0 Å². The first kappa shape index (κ1) is 17.6. The second kappa shape index (κ2) is 8.24. The Bertz CT molecular complexity index is 719. The van der Waals surface area contributed by atoms with Gasteiger partial charge in [0.2, 0.25) is 0 Å². The van der Waals surface area contributed by atoms with E-state index in [0.717, 1.165) is 16.1 Å². The van der Waals surface area contributed by atoms with E-state index in [9.17, 15) is 4.79 Å². The van der Waals surface area contributed by atoms with E-state index in [-0.39, 0.29) is 24.8 Å². The number of nitrogens with one attached hydrogen (secondary N) is 1. The summed E-state index contributed by atoms with van der Waals surface area (Å²) in [7, 11) is 0. The van der Waals surface area contributed by atoms with E-state index in [4.69, 9.17) is 9.57 Å². The summed E-state index contributed by atoms with van der Waals surface area (Å²) in [6, 6.07) is 9.36. The molecule has 25 heavy (non-hydrogen) atoms. The van der Waals surface area contributed by atoms with Crippen LogP contribution in [0, 0.1) is 0 Å². The van der Waals surface area contributed by atoms with Gasteiger partial charge in [0.15, 0.2) is 0 Å². The van der Waals surface area contributed by atoms with Crippen molar-refractivity contribution in [2.45, 2.75) is 25.6 Å². The second-order valence-electron chi connectivity index (χ2n) is 5.74. The first-order valence-electron chi connectivity index (χ1n) is 8.09. The van der Waals surface area contributed by atoms with Crippen LogP contribution in [0.25, 0.3) is 0 Å². The maximum Gasteiger partial charge on any atom is 0.410 e. The maximum absolute atomic E-state index is 12.6. The molecule has 0 spiro atoms. The fourth-order valence-corrected chi connectivity index (χ4v) is 3.67. The van der Waals surface area contributed by atoms with E-state index in [2.05, 4.69) is 17.0 Å². The molecule has 1 aliphatic heterocycles. The highest BCUT2D eigenvalue weighted by molar-refractivity contribution is 7.09. The smallest absolute Gasteiger partial charge is 0.410 e. The lowest BCUT2D eigenvalue weighted by molar-refractivity contribution is 0.0103. The Morgan fingerprint density at radius 1 is 1.48 bits per heavy atom. The van der Waals surface area contributed by atoms with Crippen molar-refractivity contribution >= 4 is 17.4 Å². The van der Waals surface area contributed by atoms with E-state index in [1.54, 1.807) is 27.8 Å². The zero-order chi connectivity index (χ0) is 17.6. The van der Waals surface area contributed by atoms with Gasteiger partial charge in [-0.1, -0.05) is 36.4 Å². The normalized spacial score (nSPS) is 19.3. The van der Waals surface area contributed by atoms with Crippen molar-refractivity contribution in [3.8, 4) is 0 Å². The monoisotopic (exact) mass is 359 g/mol. The number of nitrogens with zero attached hydrogens (tertiary/aromatic N) is 2. The summed E-state index contributed by atoms with van der Waals surface area (Å²) in [6.45, 7) is 6.68. The highest BCUT2D eigenvalue weighted by Gasteiger charge is 2.36. The number of ether oxygens (including phenoxy) is 1. The SMILES string of the molecule is C=CCONC1CN(C(=O)OCc2ccccc2)C(C)c2ncsc21. The van der Waals surface area contributed by atoms with Crippen LogP contribution in [0.3, 0.4) is 0 Å². The number of carbonyl (C=O) groups is 1. The minimum atomic E-state index is -0.356. The molecule has 1 N–H and O–H groups in total. The van der Waals surface area contributed by atoms with Gasteiger partial charge >= 0.3 is 6.09 Å². The van der Waals surface area contributed by atoms with Crippen molar-refractivity contribution in [1.82, 2.24) is 15.4 Å². The van der Waals surface area contributed by atoms with Gasteiger partial charge in [-0.2, -0.15) is 5.48 Å².